The molecule has 2 unspecified atom stereocenters. The van der Waals surface area contributed by atoms with E-state index in [9.17, 15) is 24.6 Å². The number of nitrogens with one attached hydrogen (secondary N) is 2. The van der Waals surface area contributed by atoms with Gasteiger partial charge in [-0.05, 0) is 54.8 Å². The fourth-order valence-corrected chi connectivity index (χ4v) is 3.88. The smallest absolute Gasteiger partial charge is 0.336 e. The number of aryl methyl sites for hydroxylation is 1. The van der Waals surface area contributed by atoms with Crippen LogP contribution in [-0.4, -0.2) is 39.2 Å². The Morgan fingerprint density at radius 2 is 1.91 bits per heavy atom. The maximum absolute atomic E-state index is 12.7. The second-order valence-electron chi connectivity index (χ2n) is 8.01. The lowest BCUT2D eigenvalue weighted by Gasteiger charge is -2.19. The Morgan fingerprint density at radius 3 is 2.65 bits per heavy atom. The van der Waals surface area contributed by atoms with Gasteiger partial charge in [-0.3, -0.25) is 4.79 Å². The molecule has 2 aromatic carbocycles. The van der Waals surface area contributed by atoms with E-state index in [4.69, 9.17) is 9.15 Å². The number of aromatic amines is 1. The van der Waals surface area contributed by atoms with Crippen LogP contribution in [0.1, 0.15) is 25.0 Å². The summed E-state index contributed by atoms with van der Waals surface area (Å²) in [6.07, 6.45) is 1.32. The van der Waals surface area contributed by atoms with Gasteiger partial charge in [0.2, 0.25) is 0 Å². The van der Waals surface area contributed by atoms with Crippen LogP contribution in [-0.2, 0) is 22.4 Å². The molecular weight excluding hydrogens is 440 g/mol. The number of fused-ring (bicyclic) bond motifs is 2. The Bertz CT molecular complexity index is 1440. The van der Waals surface area contributed by atoms with Gasteiger partial charge in [0.1, 0.15) is 23.1 Å². The molecule has 2 heterocycles. The van der Waals surface area contributed by atoms with E-state index in [1.165, 1.54) is 31.2 Å². The van der Waals surface area contributed by atoms with Crippen LogP contribution < -0.4 is 15.7 Å². The molecule has 9 nitrogen and oxygen atoms in total. The van der Waals surface area contributed by atoms with Crippen molar-refractivity contribution in [2.75, 3.05) is 0 Å². The molecule has 0 radical (unpaired) electrons. The maximum atomic E-state index is 12.7. The number of carbonyl (C=O) groups is 2. The second-order valence-corrected chi connectivity index (χ2v) is 8.01. The third-order valence-electron chi connectivity index (χ3n) is 5.65. The van der Waals surface area contributed by atoms with E-state index in [1.54, 1.807) is 24.4 Å². The number of ether oxygens (including phenoxy) is 1. The molecule has 0 saturated carbocycles. The monoisotopic (exact) mass is 464 g/mol. The number of hydrogen-bond acceptors (Lipinski definition) is 6. The lowest BCUT2D eigenvalue weighted by Crippen LogP contribution is -2.47. The third kappa shape index (κ3) is 4.73. The first-order chi connectivity index (χ1) is 16.2. The summed E-state index contributed by atoms with van der Waals surface area (Å²) in [5.74, 6) is -1.44. The van der Waals surface area contributed by atoms with Crippen LogP contribution in [0.15, 0.2) is 57.9 Å². The number of rotatable bonds is 8. The molecule has 0 aliphatic rings. The summed E-state index contributed by atoms with van der Waals surface area (Å²) < 4.78 is 10.9. The van der Waals surface area contributed by atoms with Crippen molar-refractivity contribution in [2.45, 2.75) is 38.8 Å². The zero-order chi connectivity index (χ0) is 24.4. The topological polar surface area (TPSA) is 142 Å². The zero-order valence-electron chi connectivity index (χ0n) is 18.6. The van der Waals surface area contributed by atoms with Gasteiger partial charge in [0.15, 0.2) is 6.10 Å². The molecule has 1 amide bonds. The van der Waals surface area contributed by atoms with Crippen LogP contribution in [0, 0.1) is 0 Å². The average molecular weight is 464 g/mol. The first-order valence-corrected chi connectivity index (χ1v) is 10.8. The zero-order valence-corrected chi connectivity index (χ0v) is 18.6. The minimum atomic E-state index is -1.21. The molecule has 0 fully saturated rings. The van der Waals surface area contributed by atoms with Crippen molar-refractivity contribution >= 4 is 33.7 Å². The number of carbonyl (C=O) groups excluding carboxylic acids is 1. The Hall–Kier alpha value is -4.27. The first kappa shape index (κ1) is 22.9. The minimum absolute atomic E-state index is 0.0121. The normalized spacial score (nSPS) is 13.0. The Kier molecular flexibility index (Phi) is 6.27. The van der Waals surface area contributed by atoms with Gasteiger partial charge in [0.05, 0.1) is 0 Å². The van der Waals surface area contributed by atoms with Gasteiger partial charge in [-0.25, -0.2) is 9.59 Å². The van der Waals surface area contributed by atoms with Crippen LogP contribution in [0.4, 0.5) is 0 Å². The fourth-order valence-electron chi connectivity index (χ4n) is 3.88. The van der Waals surface area contributed by atoms with E-state index in [0.717, 1.165) is 16.5 Å². The summed E-state index contributed by atoms with van der Waals surface area (Å²) in [4.78, 5) is 39.3. The summed E-state index contributed by atoms with van der Waals surface area (Å²) in [5.41, 5.74) is 2.11. The molecule has 0 aliphatic carbocycles. The summed E-state index contributed by atoms with van der Waals surface area (Å²) in [7, 11) is 0. The SMILES string of the molecule is CCc1cc(=O)oc2cc(OC(C)C(=O)NC(Cc3c[nH]c4ccc(O)cc34)C(=O)O)ccc12. The molecule has 34 heavy (non-hydrogen) atoms. The summed E-state index contributed by atoms with van der Waals surface area (Å²) in [6, 6.07) is 9.94. The molecule has 0 spiro atoms. The van der Waals surface area contributed by atoms with Crippen LogP contribution in [0.5, 0.6) is 11.5 Å². The molecule has 2 atom stereocenters. The highest BCUT2D eigenvalue weighted by Gasteiger charge is 2.25. The lowest BCUT2D eigenvalue weighted by molar-refractivity contribution is -0.142. The van der Waals surface area contributed by atoms with Gasteiger partial charge in [-0.1, -0.05) is 6.92 Å². The lowest BCUT2D eigenvalue weighted by atomic mass is 10.0. The van der Waals surface area contributed by atoms with Gasteiger partial charge in [-0.2, -0.15) is 0 Å². The van der Waals surface area contributed by atoms with Crippen molar-refractivity contribution in [1.82, 2.24) is 10.3 Å². The summed E-state index contributed by atoms with van der Waals surface area (Å²) in [5, 5.41) is 23.4. The highest BCUT2D eigenvalue weighted by molar-refractivity contribution is 5.89. The number of amides is 1. The Balaban J connectivity index is 1.48. The third-order valence-corrected chi connectivity index (χ3v) is 5.65. The predicted molar refractivity (Wildman–Crippen MR) is 125 cm³/mol. The molecule has 0 aliphatic heterocycles. The Labute approximate surface area is 194 Å². The molecule has 176 valence electrons. The predicted octanol–water partition coefficient (Wildman–Crippen LogP) is 3.12. The molecule has 4 N–H and O–H groups in total. The number of aromatic nitrogens is 1. The van der Waals surface area contributed by atoms with E-state index >= 15 is 0 Å². The second kappa shape index (κ2) is 9.30. The number of benzene rings is 2. The van der Waals surface area contributed by atoms with Gasteiger partial charge in [0, 0.05) is 41.0 Å². The number of carboxylic acid groups (broad SMARTS) is 1. The minimum Gasteiger partial charge on any atom is -0.508 e. The number of hydrogen-bond donors (Lipinski definition) is 4. The van der Waals surface area contributed by atoms with Crippen LogP contribution in [0.25, 0.3) is 21.9 Å². The van der Waals surface area contributed by atoms with E-state index < -0.39 is 29.6 Å². The first-order valence-electron chi connectivity index (χ1n) is 10.8. The van der Waals surface area contributed by atoms with Crippen LogP contribution in [0.3, 0.4) is 0 Å². The largest absolute Gasteiger partial charge is 0.508 e. The quantitative estimate of drug-likeness (QED) is 0.294. The fraction of sp³-hybridized carbons (Fsp3) is 0.240. The van der Waals surface area contributed by atoms with Crippen molar-refractivity contribution in [1.29, 1.82) is 0 Å². The molecule has 4 rings (SSSR count). The van der Waals surface area contributed by atoms with Gasteiger partial charge >= 0.3 is 11.6 Å². The van der Waals surface area contributed by atoms with Crippen molar-refractivity contribution < 1.29 is 29.0 Å². The summed E-state index contributed by atoms with van der Waals surface area (Å²) >= 11 is 0. The number of aromatic hydroxyl groups is 1. The van der Waals surface area contributed by atoms with E-state index in [0.29, 0.717) is 28.7 Å². The number of H-pyrrole nitrogens is 1. The van der Waals surface area contributed by atoms with Crippen LogP contribution in [0.2, 0.25) is 0 Å². The van der Waals surface area contributed by atoms with E-state index in [-0.39, 0.29) is 12.2 Å². The highest BCUT2D eigenvalue weighted by atomic mass is 16.5. The highest BCUT2D eigenvalue weighted by Crippen LogP contribution is 2.25. The van der Waals surface area contributed by atoms with Crippen LogP contribution >= 0.6 is 0 Å². The van der Waals surface area contributed by atoms with E-state index in [2.05, 4.69) is 10.3 Å². The molecular formula is C25H24N2O7. The summed E-state index contributed by atoms with van der Waals surface area (Å²) in [6.45, 7) is 3.43. The molecule has 0 bridgehead atoms. The molecule has 9 heteroatoms. The Morgan fingerprint density at radius 1 is 1.12 bits per heavy atom. The van der Waals surface area contributed by atoms with Crippen molar-refractivity contribution in [3.63, 3.8) is 0 Å². The van der Waals surface area contributed by atoms with Crippen molar-refractivity contribution in [2.24, 2.45) is 0 Å². The number of aliphatic carboxylic acids is 1. The van der Waals surface area contributed by atoms with E-state index in [1.807, 2.05) is 6.92 Å². The van der Waals surface area contributed by atoms with Crippen molar-refractivity contribution in [3.8, 4) is 11.5 Å². The van der Waals surface area contributed by atoms with Gasteiger partial charge in [-0.15, -0.1) is 0 Å². The van der Waals surface area contributed by atoms with Gasteiger partial charge in [0.25, 0.3) is 5.91 Å². The number of phenols is 1. The number of carboxylic acids is 1. The average Bonchev–Trinajstić information content (AvgIpc) is 3.19. The molecule has 4 aromatic rings. The molecule has 0 saturated heterocycles. The maximum Gasteiger partial charge on any atom is 0.336 e. The number of phenolic OH excluding ortho intramolecular Hbond substituents is 1. The van der Waals surface area contributed by atoms with Gasteiger partial charge < -0.3 is 29.7 Å². The molecule has 2 aromatic heterocycles. The standard InChI is InChI=1S/C25H24N2O7/c1-3-14-9-23(29)34-22-11-17(5-6-18(14)22)33-13(2)24(30)27-21(25(31)32)8-15-12-26-20-7-4-16(28)10-19(15)20/h4-7,9-13,21,26,28H,3,8H2,1-2H3,(H,27,30)(H,31,32). The van der Waals surface area contributed by atoms with Crippen molar-refractivity contribution in [3.05, 3.63) is 70.2 Å².